The number of benzene rings is 2. The number of thiophene rings is 1. The number of sulfonamides is 2. The number of nitrogens with one attached hydrogen (secondary N) is 2. The van der Waals surface area contributed by atoms with E-state index in [4.69, 9.17) is 9.56 Å². The molecule has 0 spiro atoms. The molecule has 2 aromatic carbocycles. The first-order valence-corrected chi connectivity index (χ1v) is 13.8. The topological polar surface area (TPSA) is 161 Å². The van der Waals surface area contributed by atoms with Crippen molar-refractivity contribution in [2.45, 2.75) is 9.10 Å². The Kier molecular flexibility index (Phi) is 6.84. The molecule has 13 heteroatoms. The fraction of sp³-hybridized carbons (Fsp3) is 0. The standard InChI is InChI=1S/C22H18N4O6S3/c23-34(28,29)19-10-5-15(6-11-19)20-12-9-18(32-20)14-24-25-22(27)16-3-7-17(8-4-16)26-35(30,31)21-2-1-13-33-21/h1-14,26H,(H,25,27)(H2,23,28,29)/b24-14+. The van der Waals surface area contributed by atoms with E-state index in [1.807, 2.05) is 0 Å². The van der Waals surface area contributed by atoms with Crippen molar-refractivity contribution in [3.63, 3.8) is 0 Å². The highest BCUT2D eigenvalue weighted by Crippen LogP contribution is 2.23. The third-order valence-corrected chi connectivity index (χ3v) is 8.32. The van der Waals surface area contributed by atoms with Gasteiger partial charge in [0, 0.05) is 16.8 Å². The lowest BCUT2D eigenvalue weighted by atomic mass is 10.2. The van der Waals surface area contributed by atoms with Crippen LogP contribution < -0.4 is 15.3 Å². The first kappa shape index (κ1) is 24.3. The summed E-state index contributed by atoms with van der Waals surface area (Å²) >= 11 is 1.10. The Labute approximate surface area is 205 Å². The Morgan fingerprint density at radius 3 is 2.29 bits per heavy atom. The van der Waals surface area contributed by atoms with Crippen LogP contribution in [0.5, 0.6) is 0 Å². The molecule has 0 aliphatic carbocycles. The molecule has 4 aromatic rings. The van der Waals surface area contributed by atoms with Crippen molar-refractivity contribution in [1.82, 2.24) is 5.43 Å². The van der Waals surface area contributed by atoms with Crippen molar-refractivity contribution in [2.75, 3.05) is 4.72 Å². The summed E-state index contributed by atoms with van der Waals surface area (Å²) < 4.78 is 55.5. The molecule has 0 radical (unpaired) electrons. The van der Waals surface area contributed by atoms with E-state index in [2.05, 4.69) is 15.2 Å². The van der Waals surface area contributed by atoms with E-state index in [1.165, 1.54) is 48.7 Å². The lowest BCUT2D eigenvalue weighted by Crippen LogP contribution is -2.17. The van der Waals surface area contributed by atoms with Gasteiger partial charge < -0.3 is 4.42 Å². The Morgan fingerprint density at radius 1 is 0.943 bits per heavy atom. The molecule has 4 N–H and O–H groups in total. The van der Waals surface area contributed by atoms with Crippen LogP contribution in [-0.2, 0) is 20.0 Å². The smallest absolute Gasteiger partial charge is 0.271 e. The second-order valence-electron chi connectivity index (χ2n) is 7.09. The number of hydrogen-bond donors (Lipinski definition) is 3. The van der Waals surface area contributed by atoms with Crippen LogP contribution in [0.3, 0.4) is 0 Å². The minimum Gasteiger partial charge on any atom is -0.455 e. The van der Waals surface area contributed by atoms with Crippen molar-refractivity contribution in [2.24, 2.45) is 10.2 Å². The first-order chi connectivity index (χ1) is 16.6. The van der Waals surface area contributed by atoms with Crippen molar-refractivity contribution in [3.8, 4) is 11.3 Å². The third kappa shape index (κ3) is 6.02. The summed E-state index contributed by atoms with van der Waals surface area (Å²) in [6, 6.07) is 18.2. The second kappa shape index (κ2) is 9.84. The summed E-state index contributed by atoms with van der Waals surface area (Å²) in [6.45, 7) is 0. The normalized spacial score (nSPS) is 12.0. The molecule has 35 heavy (non-hydrogen) atoms. The van der Waals surface area contributed by atoms with Gasteiger partial charge >= 0.3 is 0 Å². The van der Waals surface area contributed by atoms with Gasteiger partial charge in [-0.3, -0.25) is 9.52 Å². The quantitative estimate of drug-likeness (QED) is 0.234. The summed E-state index contributed by atoms with van der Waals surface area (Å²) in [6.07, 6.45) is 1.31. The van der Waals surface area contributed by atoms with Crippen LogP contribution in [0.15, 0.2) is 96.8 Å². The van der Waals surface area contributed by atoms with Crippen LogP contribution in [-0.4, -0.2) is 29.0 Å². The van der Waals surface area contributed by atoms with E-state index in [0.29, 0.717) is 22.8 Å². The Morgan fingerprint density at radius 2 is 1.66 bits per heavy atom. The molecule has 0 aliphatic rings. The molecule has 0 atom stereocenters. The van der Waals surface area contributed by atoms with E-state index in [0.717, 1.165) is 11.3 Å². The van der Waals surface area contributed by atoms with Gasteiger partial charge in [-0.2, -0.15) is 5.10 Å². The molecule has 2 heterocycles. The number of nitrogens with two attached hydrogens (primary N) is 1. The zero-order valence-electron chi connectivity index (χ0n) is 17.8. The number of hydrogen-bond acceptors (Lipinski definition) is 8. The molecule has 2 aromatic heterocycles. The number of nitrogens with zero attached hydrogens (tertiary/aromatic N) is 1. The monoisotopic (exact) mass is 530 g/mol. The lowest BCUT2D eigenvalue weighted by Gasteiger charge is -2.07. The van der Waals surface area contributed by atoms with E-state index >= 15 is 0 Å². The molecule has 0 saturated carbocycles. The van der Waals surface area contributed by atoms with Gasteiger partial charge in [0.1, 0.15) is 15.7 Å². The number of anilines is 1. The maximum absolute atomic E-state index is 12.3. The van der Waals surface area contributed by atoms with E-state index in [1.54, 1.807) is 35.7 Å². The highest BCUT2D eigenvalue weighted by atomic mass is 32.2. The molecule has 1 amide bonds. The van der Waals surface area contributed by atoms with Crippen molar-refractivity contribution in [1.29, 1.82) is 0 Å². The summed E-state index contributed by atoms with van der Waals surface area (Å²) in [5.41, 5.74) is 3.59. The van der Waals surface area contributed by atoms with Crippen LogP contribution in [0.4, 0.5) is 5.69 Å². The highest BCUT2D eigenvalue weighted by molar-refractivity contribution is 7.94. The average Bonchev–Trinajstić information content (AvgIpc) is 3.52. The van der Waals surface area contributed by atoms with Gasteiger partial charge in [-0.15, -0.1) is 11.3 Å². The summed E-state index contributed by atoms with van der Waals surface area (Å²) in [5, 5.41) is 10.6. The molecule has 0 bridgehead atoms. The summed E-state index contributed by atoms with van der Waals surface area (Å²) in [5.74, 6) is 0.327. The van der Waals surface area contributed by atoms with E-state index < -0.39 is 26.0 Å². The molecular weight excluding hydrogens is 512 g/mol. The van der Waals surface area contributed by atoms with Gasteiger partial charge in [0.25, 0.3) is 15.9 Å². The Balaban J connectivity index is 1.35. The number of carbonyl (C=O) groups is 1. The second-order valence-corrected chi connectivity index (χ2v) is 11.5. The molecule has 180 valence electrons. The Hall–Kier alpha value is -3.78. The Bertz CT molecular complexity index is 1570. The van der Waals surface area contributed by atoms with Crippen LogP contribution in [0.2, 0.25) is 0 Å². The minimum atomic E-state index is -3.78. The number of rotatable bonds is 8. The predicted octanol–water partition coefficient (Wildman–Crippen LogP) is 3.22. The lowest BCUT2D eigenvalue weighted by molar-refractivity contribution is 0.0955. The largest absolute Gasteiger partial charge is 0.455 e. The fourth-order valence-electron chi connectivity index (χ4n) is 2.92. The predicted molar refractivity (Wildman–Crippen MR) is 132 cm³/mol. The van der Waals surface area contributed by atoms with Gasteiger partial charge in [-0.25, -0.2) is 27.4 Å². The number of furan rings is 1. The molecular formula is C22H18N4O6S3. The van der Waals surface area contributed by atoms with Crippen molar-refractivity contribution < 1.29 is 26.0 Å². The number of carbonyl (C=O) groups excluding carboxylic acids is 1. The maximum atomic E-state index is 12.3. The minimum absolute atomic E-state index is 0.00903. The molecule has 0 aliphatic heterocycles. The van der Waals surface area contributed by atoms with Crippen molar-refractivity contribution >= 4 is 49.2 Å². The van der Waals surface area contributed by atoms with Crippen molar-refractivity contribution in [3.05, 3.63) is 89.5 Å². The van der Waals surface area contributed by atoms with Gasteiger partial charge in [0.2, 0.25) is 10.0 Å². The third-order valence-electron chi connectivity index (χ3n) is 4.61. The first-order valence-electron chi connectivity index (χ1n) is 9.85. The number of primary sulfonamides is 1. The number of amides is 1. The zero-order chi connectivity index (χ0) is 25.1. The van der Waals surface area contributed by atoms with Gasteiger partial charge in [0.15, 0.2) is 0 Å². The van der Waals surface area contributed by atoms with Crippen LogP contribution in [0.25, 0.3) is 11.3 Å². The number of hydrazone groups is 1. The molecule has 4 rings (SSSR count). The average molecular weight is 531 g/mol. The summed E-state index contributed by atoms with van der Waals surface area (Å²) in [7, 11) is -7.45. The molecule has 0 unspecified atom stereocenters. The molecule has 0 fully saturated rings. The molecule has 0 saturated heterocycles. The van der Waals surface area contributed by atoms with E-state index in [9.17, 15) is 21.6 Å². The van der Waals surface area contributed by atoms with Crippen LogP contribution in [0.1, 0.15) is 16.1 Å². The van der Waals surface area contributed by atoms with Crippen LogP contribution in [0, 0.1) is 0 Å². The zero-order valence-corrected chi connectivity index (χ0v) is 20.2. The van der Waals surface area contributed by atoms with Crippen LogP contribution >= 0.6 is 11.3 Å². The van der Waals surface area contributed by atoms with E-state index in [-0.39, 0.29) is 14.7 Å². The molecule has 10 nitrogen and oxygen atoms in total. The SMILES string of the molecule is NS(=O)(=O)c1ccc(-c2ccc(/C=N/NC(=O)c3ccc(NS(=O)(=O)c4cccs4)cc3)o2)cc1. The van der Waals surface area contributed by atoms with Gasteiger partial charge in [-0.05, 0) is 72.1 Å². The summed E-state index contributed by atoms with van der Waals surface area (Å²) in [4.78, 5) is 12.3. The maximum Gasteiger partial charge on any atom is 0.271 e. The van der Waals surface area contributed by atoms with Gasteiger partial charge in [0.05, 0.1) is 11.1 Å². The fourth-order valence-corrected chi connectivity index (χ4v) is 5.48. The van der Waals surface area contributed by atoms with Gasteiger partial charge in [-0.1, -0.05) is 6.07 Å². The highest BCUT2D eigenvalue weighted by Gasteiger charge is 2.15.